The van der Waals surface area contributed by atoms with E-state index in [0.717, 1.165) is 25.5 Å². The third-order valence-electron chi connectivity index (χ3n) is 1.84. The van der Waals surface area contributed by atoms with E-state index in [1.54, 1.807) is 0 Å². The molecule has 0 heterocycles. The highest BCUT2D eigenvalue weighted by Crippen LogP contribution is 2.04. The Morgan fingerprint density at radius 3 is 2.29 bits per heavy atom. The smallest absolute Gasteiger partial charge is 0.129 e. The second kappa shape index (κ2) is 7.81. The fraction of sp³-hybridized carbons (Fsp3) is 0.750. The number of carbonyl (C=O) groups excluding carboxylic acids is 1. The van der Waals surface area contributed by atoms with Crippen LogP contribution < -0.4 is 0 Å². The lowest BCUT2D eigenvalue weighted by Gasteiger charge is -2.03. The monoisotopic (exact) mass is 210 g/mol. The zero-order chi connectivity index (χ0) is 10.9. The summed E-state index contributed by atoms with van der Waals surface area (Å²) in [5.74, 6) is 3.26. The normalized spacial score (nSPS) is 10.5. The molecule has 0 aromatic rings. The van der Waals surface area contributed by atoms with E-state index in [2.05, 4.69) is 31.1 Å². The summed E-state index contributed by atoms with van der Waals surface area (Å²) >= 11 is 0. The van der Waals surface area contributed by atoms with E-state index in [9.17, 15) is 4.79 Å². The van der Waals surface area contributed by atoms with Crippen LogP contribution in [0, 0.1) is 11.5 Å². The topological polar surface area (TPSA) is 17.1 Å². The van der Waals surface area contributed by atoms with Gasteiger partial charge in [0.1, 0.15) is 14.4 Å². The fourth-order valence-corrected chi connectivity index (χ4v) is 1.78. The highest BCUT2D eigenvalue weighted by molar-refractivity contribution is 6.83. The van der Waals surface area contributed by atoms with Crippen LogP contribution in [0.15, 0.2) is 0 Å². The van der Waals surface area contributed by atoms with Gasteiger partial charge in [-0.1, -0.05) is 32.5 Å². The van der Waals surface area contributed by atoms with Gasteiger partial charge in [0, 0.05) is 12.8 Å². The van der Waals surface area contributed by atoms with E-state index >= 15 is 0 Å². The number of rotatable bonds is 6. The molecule has 80 valence electrons. The first-order valence-corrected chi connectivity index (χ1v) is 9.00. The molecule has 0 atom stereocenters. The predicted molar refractivity (Wildman–Crippen MR) is 64.9 cm³/mol. The van der Waals surface area contributed by atoms with Crippen LogP contribution in [0.1, 0.15) is 38.5 Å². The fourth-order valence-electron chi connectivity index (χ4n) is 1.12. The van der Waals surface area contributed by atoms with Gasteiger partial charge in [0.15, 0.2) is 0 Å². The van der Waals surface area contributed by atoms with Crippen molar-refractivity contribution in [2.24, 2.45) is 0 Å². The zero-order valence-corrected chi connectivity index (χ0v) is 10.7. The SMILES string of the molecule is C[Si](C)(C)C#CCCCCCCC=O. The van der Waals surface area contributed by atoms with Crippen LogP contribution in [-0.4, -0.2) is 14.4 Å². The van der Waals surface area contributed by atoms with E-state index in [-0.39, 0.29) is 0 Å². The van der Waals surface area contributed by atoms with Crippen molar-refractivity contribution in [2.75, 3.05) is 0 Å². The first kappa shape index (κ1) is 13.4. The van der Waals surface area contributed by atoms with Gasteiger partial charge in [-0.25, -0.2) is 0 Å². The largest absolute Gasteiger partial charge is 0.303 e. The summed E-state index contributed by atoms with van der Waals surface area (Å²) in [5, 5.41) is 0. The predicted octanol–water partition coefficient (Wildman–Crippen LogP) is 3.41. The van der Waals surface area contributed by atoms with Gasteiger partial charge in [0.2, 0.25) is 0 Å². The second-order valence-electron chi connectivity index (χ2n) is 4.67. The van der Waals surface area contributed by atoms with E-state index in [4.69, 9.17) is 0 Å². The molecule has 0 aliphatic rings. The summed E-state index contributed by atoms with van der Waals surface area (Å²) in [7, 11) is -1.15. The van der Waals surface area contributed by atoms with Crippen LogP contribution in [0.4, 0.5) is 0 Å². The Labute approximate surface area is 89.3 Å². The van der Waals surface area contributed by atoms with Crippen LogP contribution in [0.5, 0.6) is 0 Å². The number of hydrogen-bond acceptors (Lipinski definition) is 1. The van der Waals surface area contributed by atoms with Crippen LogP contribution in [0.3, 0.4) is 0 Å². The van der Waals surface area contributed by atoms with Crippen molar-refractivity contribution < 1.29 is 4.79 Å². The molecule has 0 rings (SSSR count). The Balaban J connectivity index is 3.28. The lowest BCUT2D eigenvalue weighted by atomic mass is 10.1. The molecule has 0 saturated carbocycles. The number of aldehydes is 1. The Bertz CT molecular complexity index is 205. The van der Waals surface area contributed by atoms with Crippen molar-refractivity contribution >= 4 is 14.4 Å². The van der Waals surface area contributed by atoms with Crippen LogP contribution >= 0.6 is 0 Å². The Morgan fingerprint density at radius 2 is 1.71 bits per heavy atom. The molecule has 0 amide bonds. The molecule has 0 N–H and O–H groups in total. The molecule has 0 aromatic heterocycles. The van der Waals surface area contributed by atoms with Gasteiger partial charge in [-0.15, -0.1) is 11.5 Å². The Kier molecular flexibility index (Phi) is 7.51. The molecule has 0 radical (unpaired) electrons. The maximum Gasteiger partial charge on any atom is 0.129 e. The Morgan fingerprint density at radius 1 is 1.07 bits per heavy atom. The average molecular weight is 210 g/mol. The number of unbranched alkanes of at least 4 members (excludes halogenated alkanes) is 5. The Hall–Kier alpha value is -0.553. The van der Waals surface area contributed by atoms with Gasteiger partial charge in [-0.05, 0) is 12.8 Å². The molecular weight excluding hydrogens is 188 g/mol. The molecule has 0 bridgehead atoms. The lowest BCUT2D eigenvalue weighted by Crippen LogP contribution is -2.16. The van der Waals surface area contributed by atoms with Gasteiger partial charge in [-0.2, -0.15) is 0 Å². The maximum atomic E-state index is 10.0. The molecule has 0 unspecified atom stereocenters. The summed E-state index contributed by atoms with van der Waals surface area (Å²) in [6.07, 6.45) is 7.39. The molecule has 0 saturated heterocycles. The van der Waals surface area contributed by atoms with E-state index < -0.39 is 8.07 Å². The zero-order valence-electron chi connectivity index (χ0n) is 9.73. The highest BCUT2D eigenvalue weighted by Gasteiger charge is 2.06. The van der Waals surface area contributed by atoms with Crippen LogP contribution in [0.25, 0.3) is 0 Å². The van der Waals surface area contributed by atoms with Gasteiger partial charge < -0.3 is 4.79 Å². The summed E-state index contributed by atoms with van der Waals surface area (Å²) in [5.41, 5.74) is 3.36. The van der Waals surface area contributed by atoms with E-state index in [0.29, 0.717) is 0 Å². The summed E-state index contributed by atoms with van der Waals surface area (Å²) < 4.78 is 0. The summed E-state index contributed by atoms with van der Waals surface area (Å²) in [4.78, 5) is 10.0. The van der Waals surface area contributed by atoms with E-state index in [1.165, 1.54) is 19.3 Å². The molecular formula is C12H22OSi. The summed E-state index contributed by atoms with van der Waals surface area (Å²) in [6.45, 7) is 6.80. The molecule has 0 aliphatic heterocycles. The standard InChI is InChI=1S/C12H22OSi/c1-14(2,3)12-10-8-6-4-5-7-9-11-13/h11H,4-9H2,1-3H3. The lowest BCUT2D eigenvalue weighted by molar-refractivity contribution is -0.107. The maximum absolute atomic E-state index is 10.0. The minimum atomic E-state index is -1.15. The van der Waals surface area contributed by atoms with Crippen molar-refractivity contribution in [1.82, 2.24) is 0 Å². The molecule has 1 nitrogen and oxygen atoms in total. The molecule has 0 aromatic carbocycles. The summed E-state index contributed by atoms with van der Waals surface area (Å²) in [6, 6.07) is 0. The molecule has 0 aliphatic carbocycles. The van der Waals surface area contributed by atoms with Crippen molar-refractivity contribution in [3.05, 3.63) is 0 Å². The molecule has 0 fully saturated rings. The van der Waals surface area contributed by atoms with Gasteiger partial charge in [0.05, 0.1) is 0 Å². The minimum absolute atomic E-state index is 0.723. The quantitative estimate of drug-likeness (QED) is 0.284. The van der Waals surface area contributed by atoms with E-state index in [1.807, 2.05) is 0 Å². The van der Waals surface area contributed by atoms with Crippen molar-refractivity contribution in [3.63, 3.8) is 0 Å². The van der Waals surface area contributed by atoms with Crippen molar-refractivity contribution in [1.29, 1.82) is 0 Å². The van der Waals surface area contributed by atoms with Gasteiger partial charge in [-0.3, -0.25) is 0 Å². The van der Waals surface area contributed by atoms with Crippen LogP contribution in [-0.2, 0) is 4.79 Å². The first-order valence-electron chi connectivity index (χ1n) is 5.50. The molecule has 0 spiro atoms. The van der Waals surface area contributed by atoms with Gasteiger partial charge >= 0.3 is 0 Å². The van der Waals surface area contributed by atoms with Crippen molar-refractivity contribution in [2.45, 2.75) is 58.2 Å². The number of hydrogen-bond donors (Lipinski definition) is 0. The second-order valence-corrected chi connectivity index (χ2v) is 9.42. The van der Waals surface area contributed by atoms with Crippen LogP contribution in [0.2, 0.25) is 19.6 Å². The molecule has 2 heteroatoms. The van der Waals surface area contributed by atoms with Crippen molar-refractivity contribution in [3.8, 4) is 11.5 Å². The average Bonchev–Trinajstić information content (AvgIpc) is 2.08. The first-order chi connectivity index (χ1) is 6.56. The minimum Gasteiger partial charge on any atom is -0.303 e. The third-order valence-corrected chi connectivity index (χ3v) is 2.76. The van der Waals surface area contributed by atoms with Gasteiger partial charge in [0.25, 0.3) is 0 Å². The molecule has 14 heavy (non-hydrogen) atoms. The number of carbonyl (C=O) groups is 1. The third kappa shape index (κ3) is 11.4. The highest BCUT2D eigenvalue weighted by atomic mass is 28.3.